The van der Waals surface area contributed by atoms with Crippen molar-refractivity contribution < 1.29 is 9.47 Å². The Hall–Kier alpha value is -1.80. The van der Waals surface area contributed by atoms with Crippen molar-refractivity contribution in [1.82, 2.24) is 10.6 Å². The van der Waals surface area contributed by atoms with Crippen LogP contribution in [0, 0.1) is 13.8 Å². The highest BCUT2D eigenvalue weighted by atomic mass is 127. The lowest BCUT2D eigenvalue weighted by Crippen LogP contribution is -2.36. The summed E-state index contributed by atoms with van der Waals surface area (Å²) in [6, 6.07) is 14.8. The number of ether oxygens (including phenoxy) is 2. The Kier molecular flexibility index (Phi) is 9.05. The average molecular weight is 495 g/mol. The minimum atomic E-state index is 0. The molecule has 152 valence electrons. The fourth-order valence-corrected chi connectivity index (χ4v) is 2.99. The second-order valence-corrected chi connectivity index (χ2v) is 6.98. The standard InChI is InChI=1S/C22H29N3O2.HI/c1-16-4-7-18(8-5-16)13-24-22(23-3)25-14-19-9-6-17(2)12-21(19)27-20-10-11-26-15-20;/h4-9,12,20H,10-11,13-15H2,1-3H3,(H2,23,24,25);1H. The van der Waals surface area contributed by atoms with Crippen LogP contribution in [0.5, 0.6) is 5.75 Å². The lowest BCUT2D eigenvalue weighted by Gasteiger charge is -2.18. The molecule has 3 rings (SSSR count). The molecule has 0 radical (unpaired) electrons. The third-order valence-corrected chi connectivity index (χ3v) is 4.65. The third-order valence-electron chi connectivity index (χ3n) is 4.65. The van der Waals surface area contributed by atoms with Gasteiger partial charge in [-0.05, 0) is 31.0 Å². The maximum Gasteiger partial charge on any atom is 0.191 e. The zero-order valence-corrected chi connectivity index (χ0v) is 19.2. The van der Waals surface area contributed by atoms with Crippen LogP contribution in [0.2, 0.25) is 0 Å². The number of hydrogen-bond acceptors (Lipinski definition) is 3. The SMILES string of the molecule is CN=C(NCc1ccc(C)cc1)NCc1ccc(C)cc1OC1CCOC1.I. The molecular formula is C22H30IN3O2. The van der Waals surface area contributed by atoms with Gasteiger partial charge in [0.15, 0.2) is 5.96 Å². The minimum absolute atomic E-state index is 0. The first kappa shape index (κ1) is 22.5. The number of aliphatic imine (C=N–C) groups is 1. The van der Waals surface area contributed by atoms with Crippen molar-refractivity contribution >= 4 is 29.9 Å². The van der Waals surface area contributed by atoms with Gasteiger partial charge in [-0.3, -0.25) is 4.99 Å². The molecule has 2 aromatic rings. The summed E-state index contributed by atoms with van der Waals surface area (Å²) in [5.74, 6) is 1.69. The van der Waals surface area contributed by atoms with Crippen LogP contribution in [0.1, 0.15) is 28.7 Å². The van der Waals surface area contributed by atoms with Gasteiger partial charge in [0.2, 0.25) is 0 Å². The van der Waals surface area contributed by atoms with E-state index in [2.05, 4.69) is 71.9 Å². The van der Waals surface area contributed by atoms with E-state index < -0.39 is 0 Å². The second kappa shape index (κ2) is 11.3. The number of benzene rings is 2. The molecule has 1 saturated heterocycles. The highest BCUT2D eigenvalue weighted by Gasteiger charge is 2.18. The van der Waals surface area contributed by atoms with Gasteiger partial charge in [-0.15, -0.1) is 24.0 Å². The van der Waals surface area contributed by atoms with Crippen LogP contribution in [0.25, 0.3) is 0 Å². The van der Waals surface area contributed by atoms with Crippen LogP contribution in [0.3, 0.4) is 0 Å². The quantitative estimate of drug-likeness (QED) is 0.362. The summed E-state index contributed by atoms with van der Waals surface area (Å²) in [5, 5.41) is 6.74. The number of halogens is 1. The molecule has 1 unspecified atom stereocenters. The van der Waals surface area contributed by atoms with E-state index >= 15 is 0 Å². The van der Waals surface area contributed by atoms with E-state index in [1.807, 2.05) is 0 Å². The highest BCUT2D eigenvalue weighted by molar-refractivity contribution is 14.0. The molecule has 2 N–H and O–H groups in total. The fraction of sp³-hybridized carbons (Fsp3) is 0.409. The second-order valence-electron chi connectivity index (χ2n) is 6.98. The molecule has 1 atom stereocenters. The smallest absolute Gasteiger partial charge is 0.191 e. The van der Waals surface area contributed by atoms with Crippen molar-refractivity contribution in [2.24, 2.45) is 4.99 Å². The normalized spacial score (nSPS) is 16.4. The Morgan fingerprint density at radius 2 is 1.79 bits per heavy atom. The molecule has 2 aromatic carbocycles. The van der Waals surface area contributed by atoms with Gasteiger partial charge in [0, 0.05) is 32.1 Å². The summed E-state index contributed by atoms with van der Waals surface area (Å²) in [7, 11) is 1.78. The number of guanidine groups is 1. The van der Waals surface area contributed by atoms with E-state index in [0.29, 0.717) is 13.2 Å². The Morgan fingerprint density at radius 3 is 2.46 bits per heavy atom. The highest BCUT2D eigenvalue weighted by Crippen LogP contribution is 2.23. The van der Waals surface area contributed by atoms with Crippen LogP contribution in [0.15, 0.2) is 47.5 Å². The van der Waals surface area contributed by atoms with Crippen LogP contribution < -0.4 is 15.4 Å². The summed E-state index contributed by atoms with van der Waals surface area (Å²) in [6.07, 6.45) is 1.09. The van der Waals surface area contributed by atoms with E-state index in [1.165, 1.54) is 16.7 Å². The lowest BCUT2D eigenvalue weighted by molar-refractivity contribution is 0.140. The minimum Gasteiger partial charge on any atom is -0.488 e. The Labute approximate surface area is 184 Å². The van der Waals surface area contributed by atoms with Gasteiger partial charge >= 0.3 is 0 Å². The molecule has 0 spiro atoms. The summed E-state index contributed by atoms with van der Waals surface area (Å²) < 4.78 is 11.6. The van der Waals surface area contributed by atoms with Gasteiger partial charge in [0.05, 0.1) is 13.2 Å². The van der Waals surface area contributed by atoms with Crippen LogP contribution in [-0.4, -0.2) is 32.3 Å². The van der Waals surface area contributed by atoms with Crippen LogP contribution in [-0.2, 0) is 17.8 Å². The average Bonchev–Trinajstić information content (AvgIpc) is 3.18. The summed E-state index contributed by atoms with van der Waals surface area (Å²) >= 11 is 0. The van der Waals surface area contributed by atoms with Gasteiger partial charge in [0.25, 0.3) is 0 Å². The van der Waals surface area contributed by atoms with Crippen molar-refractivity contribution in [2.45, 2.75) is 39.5 Å². The Bertz CT molecular complexity index is 772. The van der Waals surface area contributed by atoms with Gasteiger partial charge in [-0.1, -0.05) is 42.0 Å². The first-order valence-corrected chi connectivity index (χ1v) is 9.48. The van der Waals surface area contributed by atoms with Crippen molar-refractivity contribution in [3.63, 3.8) is 0 Å². The third kappa shape index (κ3) is 6.67. The predicted octanol–water partition coefficient (Wildman–Crippen LogP) is 3.95. The molecule has 5 nitrogen and oxygen atoms in total. The van der Waals surface area contributed by atoms with E-state index in [0.717, 1.165) is 36.8 Å². The van der Waals surface area contributed by atoms with Crippen molar-refractivity contribution in [3.8, 4) is 5.75 Å². The lowest BCUT2D eigenvalue weighted by atomic mass is 10.1. The number of nitrogens with one attached hydrogen (secondary N) is 2. The number of rotatable bonds is 6. The van der Waals surface area contributed by atoms with E-state index in [4.69, 9.17) is 9.47 Å². The molecule has 1 aliphatic rings. The van der Waals surface area contributed by atoms with Gasteiger partial charge in [-0.25, -0.2) is 0 Å². The molecule has 28 heavy (non-hydrogen) atoms. The van der Waals surface area contributed by atoms with E-state index in [9.17, 15) is 0 Å². The van der Waals surface area contributed by atoms with E-state index in [1.54, 1.807) is 7.05 Å². The zero-order valence-electron chi connectivity index (χ0n) is 16.8. The maximum absolute atomic E-state index is 6.17. The molecule has 0 aromatic heterocycles. The molecule has 0 aliphatic carbocycles. The predicted molar refractivity (Wildman–Crippen MR) is 125 cm³/mol. The number of hydrogen-bond donors (Lipinski definition) is 2. The van der Waals surface area contributed by atoms with Crippen LogP contribution >= 0.6 is 24.0 Å². The Morgan fingerprint density at radius 1 is 1.07 bits per heavy atom. The molecule has 0 bridgehead atoms. The summed E-state index contributed by atoms with van der Waals surface area (Å²) in [5.41, 5.74) is 4.80. The fourth-order valence-electron chi connectivity index (χ4n) is 2.99. The molecule has 0 saturated carbocycles. The van der Waals surface area contributed by atoms with Gasteiger partial charge in [0.1, 0.15) is 11.9 Å². The monoisotopic (exact) mass is 495 g/mol. The maximum atomic E-state index is 6.17. The summed E-state index contributed by atoms with van der Waals surface area (Å²) in [4.78, 5) is 4.32. The molecular weight excluding hydrogens is 465 g/mol. The first-order valence-electron chi connectivity index (χ1n) is 9.48. The largest absolute Gasteiger partial charge is 0.488 e. The molecule has 6 heteroatoms. The number of nitrogens with zero attached hydrogens (tertiary/aromatic N) is 1. The van der Waals surface area contributed by atoms with E-state index in [-0.39, 0.29) is 30.1 Å². The van der Waals surface area contributed by atoms with Gasteiger partial charge < -0.3 is 20.1 Å². The first-order chi connectivity index (χ1) is 13.1. The molecule has 1 fully saturated rings. The van der Waals surface area contributed by atoms with Crippen molar-refractivity contribution in [1.29, 1.82) is 0 Å². The molecule has 0 amide bonds. The number of aryl methyl sites for hydroxylation is 2. The van der Waals surface area contributed by atoms with Crippen LogP contribution in [0.4, 0.5) is 0 Å². The molecule has 1 aliphatic heterocycles. The topological polar surface area (TPSA) is 54.9 Å². The molecule has 1 heterocycles. The van der Waals surface area contributed by atoms with Crippen molar-refractivity contribution in [2.75, 3.05) is 20.3 Å². The Balaban J connectivity index is 0.00000280. The van der Waals surface area contributed by atoms with Gasteiger partial charge in [-0.2, -0.15) is 0 Å². The van der Waals surface area contributed by atoms with Crippen molar-refractivity contribution in [3.05, 3.63) is 64.7 Å². The summed E-state index contributed by atoms with van der Waals surface area (Å²) in [6.45, 7) is 7.00. The zero-order chi connectivity index (χ0) is 19.1.